The van der Waals surface area contributed by atoms with Crippen molar-refractivity contribution in [2.24, 2.45) is 0 Å². The van der Waals surface area contributed by atoms with Crippen molar-refractivity contribution >= 4 is 46.4 Å². The number of aromatic nitrogens is 2. The van der Waals surface area contributed by atoms with Crippen molar-refractivity contribution in [1.82, 2.24) is 9.97 Å². The number of alkyl halides is 2. The lowest BCUT2D eigenvalue weighted by atomic mass is 10.3. The molecule has 0 saturated carbocycles. The van der Waals surface area contributed by atoms with Gasteiger partial charge in [-0.1, -0.05) is 62.7 Å². The SMILES string of the molecule is CCCCCCl.CCCCCCl.Clc1ccncc1.Clc1ccncc1. The highest BCUT2D eigenvalue weighted by Gasteiger charge is 1.78. The lowest BCUT2D eigenvalue weighted by Gasteiger charge is -1.84. The lowest BCUT2D eigenvalue weighted by molar-refractivity contribution is 0.776. The normalized spacial score (nSPS) is 8.85. The first-order valence-corrected chi connectivity index (χ1v) is 10.7. The third-order valence-electron chi connectivity index (χ3n) is 2.75. The van der Waals surface area contributed by atoms with Crippen LogP contribution >= 0.6 is 46.4 Å². The molecule has 0 aliphatic heterocycles. The van der Waals surface area contributed by atoms with Gasteiger partial charge in [0.25, 0.3) is 0 Å². The topological polar surface area (TPSA) is 25.8 Å². The zero-order chi connectivity index (χ0) is 19.9. The summed E-state index contributed by atoms with van der Waals surface area (Å²) in [6.45, 7) is 4.35. The predicted octanol–water partition coefficient (Wildman–Crippen LogP) is 8.30. The van der Waals surface area contributed by atoms with E-state index in [1.807, 2.05) is 0 Å². The molecule has 2 nitrogen and oxygen atoms in total. The van der Waals surface area contributed by atoms with E-state index in [1.54, 1.807) is 49.1 Å². The highest BCUT2D eigenvalue weighted by atomic mass is 35.5. The van der Waals surface area contributed by atoms with Crippen LogP contribution in [-0.2, 0) is 0 Å². The molecule has 148 valence electrons. The van der Waals surface area contributed by atoms with E-state index in [0.717, 1.165) is 21.8 Å². The summed E-state index contributed by atoms with van der Waals surface area (Å²) in [4.78, 5) is 7.52. The van der Waals surface area contributed by atoms with Crippen LogP contribution in [-0.4, -0.2) is 21.7 Å². The molecule has 0 fully saturated rings. The predicted molar refractivity (Wildman–Crippen MR) is 119 cm³/mol. The van der Waals surface area contributed by atoms with Gasteiger partial charge in [0.2, 0.25) is 0 Å². The molecule has 0 spiro atoms. The van der Waals surface area contributed by atoms with Crippen molar-refractivity contribution in [3.8, 4) is 0 Å². The smallest absolute Gasteiger partial charge is 0.0436 e. The monoisotopic (exact) mass is 438 g/mol. The molecule has 0 amide bonds. The van der Waals surface area contributed by atoms with E-state index in [4.69, 9.17) is 46.4 Å². The molecule has 0 radical (unpaired) electrons. The number of pyridine rings is 2. The number of unbranched alkanes of at least 4 members (excludes halogenated alkanes) is 4. The van der Waals surface area contributed by atoms with Gasteiger partial charge in [0, 0.05) is 46.6 Å². The Morgan fingerprint density at radius 1 is 0.615 bits per heavy atom. The van der Waals surface area contributed by atoms with Crippen LogP contribution in [0.3, 0.4) is 0 Å². The summed E-state index contributed by atoms with van der Waals surface area (Å²) in [6, 6.07) is 6.95. The molecule has 0 saturated heterocycles. The minimum Gasteiger partial charge on any atom is -0.265 e. The van der Waals surface area contributed by atoms with E-state index in [-0.39, 0.29) is 0 Å². The van der Waals surface area contributed by atoms with Crippen molar-refractivity contribution in [3.05, 3.63) is 59.1 Å². The van der Waals surface area contributed by atoms with Crippen LogP contribution in [0.4, 0.5) is 0 Å². The standard InChI is InChI=1S/2C5H4ClN.2C5H11Cl/c2*6-5-1-3-7-4-2-5;2*1-2-3-4-5-6/h2*1-4H;2*2-5H2,1H3. The molecule has 26 heavy (non-hydrogen) atoms. The van der Waals surface area contributed by atoms with Crippen molar-refractivity contribution in [1.29, 1.82) is 0 Å². The third-order valence-corrected chi connectivity index (χ3v) is 3.79. The molecule has 6 heteroatoms. The highest BCUT2D eigenvalue weighted by Crippen LogP contribution is 2.02. The zero-order valence-electron chi connectivity index (χ0n) is 15.7. The summed E-state index contributed by atoms with van der Waals surface area (Å²) >= 11 is 21.8. The van der Waals surface area contributed by atoms with Crippen LogP contribution in [0.1, 0.15) is 52.4 Å². The summed E-state index contributed by atoms with van der Waals surface area (Å²) in [6.07, 6.45) is 14.1. The summed E-state index contributed by atoms with van der Waals surface area (Å²) in [7, 11) is 0. The van der Waals surface area contributed by atoms with Crippen molar-refractivity contribution < 1.29 is 0 Å². The summed E-state index contributed by atoms with van der Waals surface area (Å²) in [5.41, 5.74) is 0. The minimum atomic E-state index is 0.731. The molecule has 0 N–H and O–H groups in total. The van der Waals surface area contributed by atoms with E-state index < -0.39 is 0 Å². The van der Waals surface area contributed by atoms with Gasteiger partial charge in [0.05, 0.1) is 0 Å². The van der Waals surface area contributed by atoms with E-state index in [0.29, 0.717) is 0 Å². The van der Waals surface area contributed by atoms with Gasteiger partial charge < -0.3 is 0 Å². The third kappa shape index (κ3) is 25.7. The first-order valence-electron chi connectivity index (χ1n) is 8.85. The first-order chi connectivity index (χ1) is 12.6. The van der Waals surface area contributed by atoms with E-state index in [2.05, 4.69) is 23.8 Å². The van der Waals surface area contributed by atoms with Crippen molar-refractivity contribution in [3.63, 3.8) is 0 Å². The molecule has 2 rings (SSSR count). The lowest BCUT2D eigenvalue weighted by Crippen LogP contribution is -1.70. The maximum atomic E-state index is 5.50. The largest absolute Gasteiger partial charge is 0.265 e. The van der Waals surface area contributed by atoms with Gasteiger partial charge in [-0.3, -0.25) is 9.97 Å². The van der Waals surface area contributed by atoms with Gasteiger partial charge in [-0.05, 0) is 37.1 Å². The van der Waals surface area contributed by atoms with Crippen LogP contribution in [0, 0.1) is 0 Å². The summed E-state index contributed by atoms with van der Waals surface area (Å²) in [5.74, 6) is 1.65. The molecule has 2 heterocycles. The Balaban J connectivity index is 0. The van der Waals surface area contributed by atoms with Crippen LogP contribution in [0.25, 0.3) is 0 Å². The van der Waals surface area contributed by atoms with Gasteiger partial charge in [-0.15, -0.1) is 23.2 Å². The van der Waals surface area contributed by atoms with Gasteiger partial charge >= 0.3 is 0 Å². The molecular weight excluding hydrogens is 410 g/mol. The minimum absolute atomic E-state index is 0.731. The maximum Gasteiger partial charge on any atom is 0.0436 e. The van der Waals surface area contributed by atoms with Crippen LogP contribution in [0.15, 0.2) is 49.1 Å². The summed E-state index contributed by atoms with van der Waals surface area (Å²) in [5, 5.41) is 1.46. The Kier molecular flexibility index (Phi) is 26.0. The molecule has 0 atom stereocenters. The van der Waals surface area contributed by atoms with Gasteiger partial charge in [-0.2, -0.15) is 0 Å². The quantitative estimate of drug-likeness (QED) is 0.334. The first kappa shape index (κ1) is 27.7. The molecule has 0 bridgehead atoms. The van der Waals surface area contributed by atoms with E-state index >= 15 is 0 Å². The number of rotatable bonds is 6. The number of nitrogens with zero attached hydrogens (tertiary/aromatic N) is 2. The molecule has 0 aliphatic carbocycles. The van der Waals surface area contributed by atoms with E-state index in [1.165, 1.54) is 38.5 Å². The van der Waals surface area contributed by atoms with Crippen LogP contribution < -0.4 is 0 Å². The fraction of sp³-hybridized carbons (Fsp3) is 0.500. The van der Waals surface area contributed by atoms with Gasteiger partial charge in [0.15, 0.2) is 0 Å². The Morgan fingerprint density at radius 2 is 0.923 bits per heavy atom. The second kappa shape index (κ2) is 24.5. The van der Waals surface area contributed by atoms with Gasteiger partial charge in [-0.25, -0.2) is 0 Å². The second-order valence-corrected chi connectivity index (χ2v) is 6.75. The Morgan fingerprint density at radius 3 is 1.04 bits per heavy atom. The van der Waals surface area contributed by atoms with Crippen LogP contribution in [0.5, 0.6) is 0 Å². The molecule has 2 aromatic rings. The molecule has 0 aliphatic rings. The fourth-order valence-electron chi connectivity index (χ4n) is 1.36. The second-order valence-electron chi connectivity index (χ2n) is 5.12. The van der Waals surface area contributed by atoms with Crippen molar-refractivity contribution in [2.45, 2.75) is 52.4 Å². The molecule has 0 aromatic carbocycles. The maximum absolute atomic E-state index is 5.50. The number of halogens is 4. The van der Waals surface area contributed by atoms with Crippen molar-refractivity contribution in [2.75, 3.05) is 11.8 Å². The number of hydrogen-bond donors (Lipinski definition) is 0. The average molecular weight is 440 g/mol. The molecular formula is C20H30Cl4N2. The Hall–Kier alpha value is -0.540. The molecule has 0 unspecified atom stereocenters. The number of hydrogen-bond acceptors (Lipinski definition) is 2. The average Bonchev–Trinajstić information content (AvgIpc) is 2.67. The Labute approximate surface area is 179 Å². The fourth-order valence-corrected chi connectivity index (χ4v) is 1.96. The van der Waals surface area contributed by atoms with E-state index in [9.17, 15) is 0 Å². The highest BCUT2D eigenvalue weighted by molar-refractivity contribution is 6.30. The molecule has 2 aromatic heterocycles. The zero-order valence-corrected chi connectivity index (χ0v) is 18.7. The van der Waals surface area contributed by atoms with Crippen LogP contribution in [0.2, 0.25) is 10.0 Å². The van der Waals surface area contributed by atoms with Gasteiger partial charge in [0.1, 0.15) is 0 Å². The Bertz CT molecular complexity index is 416. The summed E-state index contributed by atoms with van der Waals surface area (Å²) < 4.78 is 0.